The topological polar surface area (TPSA) is 46.5 Å². The largest absolute Gasteiger partial charge is 0.488 e. The van der Waals surface area contributed by atoms with Gasteiger partial charge in [-0.05, 0) is 40.6 Å². The van der Waals surface area contributed by atoms with Gasteiger partial charge in [0.05, 0.1) is 0 Å². The van der Waals surface area contributed by atoms with Crippen LogP contribution in [0.1, 0.15) is 11.1 Å². The number of fused-ring (bicyclic) bond motifs is 1. The van der Waals surface area contributed by atoms with Gasteiger partial charge in [-0.2, -0.15) is 0 Å². The Morgan fingerprint density at radius 1 is 1.04 bits per heavy atom. The molecule has 0 heterocycles. The van der Waals surface area contributed by atoms with Crippen LogP contribution in [0.15, 0.2) is 66.7 Å². The van der Waals surface area contributed by atoms with Crippen molar-refractivity contribution in [3.63, 3.8) is 0 Å². The fourth-order valence-corrected chi connectivity index (χ4v) is 2.60. The van der Waals surface area contributed by atoms with E-state index in [1.165, 1.54) is 0 Å². The van der Waals surface area contributed by atoms with Crippen LogP contribution in [0.5, 0.6) is 5.75 Å². The zero-order chi connectivity index (χ0) is 16.9. The summed E-state index contributed by atoms with van der Waals surface area (Å²) in [6.45, 7) is 0.378. The quantitative estimate of drug-likeness (QED) is 0.653. The summed E-state index contributed by atoms with van der Waals surface area (Å²) in [5.74, 6) is -0.354. The molecule has 24 heavy (non-hydrogen) atoms. The lowest BCUT2D eigenvalue weighted by Crippen LogP contribution is -1.98. The van der Waals surface area contributed by atoms with E-state index in [1.54, 1.807) is 6.08 Å². The second kappa shape index (κ2) is 7.20. The third kappa shape index (κ3) is 3.76. The van der Waals surface area contributed by atoms with Crippen molar-refractivity contribution in [3.05, 3.63) is 82.9 Å². The van der Waals surface area contributed by atoms with Crippen LogP contribution in [-0.2, 0) is 11.4 Å². The van der Waals surface area contributed by atoms with Crippen LogP contribution in [0.3, 0.4) is 0 Å². The molecule has 0 aliphatic rings. The molecule has 0 aliphatic carbocycles. The number of ether oxygens (including phenoxy) is 1. The summed E-state index contributed by atoms with van der Waals surface area (Å²) in [6.07, 6.45) is 2.69. The van der Waals surface area contributed by atoms with Crippen molar-refractivity contribution in [2.45, 2.75) is 6.61 Å². The highest BCUT2D eigenvalue weighted by Gasteiger charge is 2.07. The SMILES string of the molecule is O=C(O)C=Cc1c(OCc2ccc(Cl)cc2)ccc2ccccc12. The van der Waals surface area contributed by atoms with Gasteiger partial charge >= 0.3 is 5.97 Å². The van der Waals surface area contributed by atoms with Crippen LogP contribution in [0.2, 0.25) is 5.02 Å². The number of carboxylic acids is 1. The fraction of sp³-hybridized carbons (Fsp3) is 0.0500. The lowest BCUT2D eigenvalue weighted by Gasteiger charge is -2.12. The molecule has 0 amide bonds. The number of aliphatic carboxylic acids is 1. The maximum absolute atomic E-state index is 10.9. The van der Waals surface area contributed by atoms with Gasteiger partial charge in [0.2, 0.25) is 0 Å². The summed E-state index contributed by atoms with van der Waals surface area (Å²) in [6, 6.07) is 19.0. The van der Waals surface area contributed by atoms with E-state index in [0.29, 0.717) is 17.4 Å². The summed E-state index contributed by atoms with van der Waals surface area (Å²) < 4.78 is 5.92. The van der Waals surface area contributed by atoms with Gasteiger partial charge in [-0.1, -0.05) is 54.1 Å². The van der Waals surface area contributed by atoms with Crippen LogP contribution in [0.25, 0.3) is 16.8 Å². The van der Waals surface area contributed by atoms with Gasteiger partial charge in [-0.3, -0.25) is 0 Å². The van der Waals surface area contributed by atoms with Crippen molar-refractivity contribution < 1.29 is 14.6 Å². The van der Waals surface area contributed by atoms with E-state index in [2.05, 4.69) is 0 Å². The molecule has 3 rings (SSSR count). The van der Waals surface area contributed by atoms with Gasteiger partial charge in [0.1, 0.15) is 12.4 Å². The third-order valence-electron chi connectivity index (χ3n) is 3.63. The predicted octanol–water partition coefficient (Wildman–Crippen LogP) is 5.17. The molecule has 0 spiro atoms. The lowest BCUT2D eigenvalue weighted by molar-refractivity contribution is -0.131. The third-order valence-corrected chi connectivity index (χ3v) is 3.88. The molecule has 3 aromatic rings. The molecule has 0 bridgehead atoms. The second-order valence-electron chi connectivity index (χ2n) is 5.29. The van der Waals surface area contributed by atoms with Gasteiger partial charge in [-0.25, -0.2) is 4.79 Å². The van der Waals surface area contributed by atoms with Crippen LogP contribution in [-0.4, -0.2) is 11.1 Å². The van der Waals surface area contributed by atoms with Crippen molar-refractivity contribution in [2.24, 2.45) is 0 Å². The van der Waals surface area contributed by atoms with Crippen molar-refractivity contribution in [1.29, 1.82) is 0 Å². The highest BCUT2D eigenvalue weighted by atomic mass is 35.5. The summed E-state index contributed by atoms with van der Waals surface area (Å²) >= 11 is 5.88. The first-order valence-electron chi connectivity index (χ1n) is 7.43. The normalized spacial score (nSPS) is 11.0. The molecule has 1 N–H and O–H groups in total. The fourth-order valence-electron chi connectivity index (χ4n) is 2.47. The number of hydrogen-bond donors (Lipinski definition) is 1. The molecule has 0 unspecified atom stereocenters. The number of carboxylic acid groups (broad SMARTS) is 1. The molecular formula is C20H15ClO3. The molecular weight excluding hydrogens is 324 g/mol. The molecule has 0 saturated carbocycles. The molecule has 4 heteroatoms. The van der Waals surface area contributed by atoms with E-state index in [1.807, 2.05) is 60.7 Å². The molecule has 0 saturated heterocycles. The van der Waals surface area contributed by atoms with Crippen molar-refractivity contribution in [1.82, 2.24) is 0 Å². The summed E-state index contributed by atoms with van der Waals surface area (Å²) in [4.78, 5) is 10.9. The van der Waals surface area contributed by atoms with Crippen LogP contribution in [0, 0.1) is 0 Å². The lowest BCUT2D eigenvalue weighted by atomic mass is 10.0. The number of hydrogen-bond acceptors (Lipinski definition) is 2. The highest BCUT2D eigenvalue weighted by Crippen LogP contribution is 2.30. The summed E-state index contributed by atoms with van der Waals surface area (Å²) in [5, 5.41) is 11.6. The maximum Gasteiger partial charge on any atom is 0.328 e. The summed E-state index contributed by atoms with van der Waals surface area (Å²) in [7, 11) is 0. The van der Waals surface area contributed by atoms with Crippen molar-refractivity contribution >= 4 is 34.4 Å². The zero-order valence-electron chi connectivity index (χ0n) is 12.8. The summed E-state index contributed by atoms with van der Waals surface area (Å²) in [5.41, 5.74) is 1.74. The van der Waals surface area contributed by atoms with E-state index in [4.69, 9.17) is 21.4 Å². The smallest absolute Gasteiger partial charge is 0.328 e. The highest BCUT2D eigenvalue weighted by molar-refractivity contribution is 6.30. The number of benzene rings is 3. The first-order valence-corrected chi connectivity index (χ1v) is 7.81. The number of carbonyl (C=O) groups is 1. The predicted molar refractivity (Wildman–Crippen MR) is 96.4 cm³/mol. The second-order valence-corrected chi connectivity index (χ2v) is 5.72. The minimum atomic E-state index is -0.994. The Morgan fingerprint density at radius 3 is 2.54 bits per heavy atom. The van der Waals surface area contributed by atoms with Gasteiger partial charge in [0, 0.05) is 16.7 Å². The Kier molecular flexibility index (Phi) is 4.82. The maximum atomic E-state index is 10.9. The van der Waals surface area contributed by atoms with E-state index in [0.717, 1.165) is 28.0 Å². The first kappa shape index (κ1) is 16.1. The molecule has 3 aromatic carbocycles. The molecule has 0 aromatic heterocycles. The average Bonchev–Trinajstić information content (AvgIpc) is 2.59. The Hall–Kier alpha value is -2.78. The van der Waals surface area contributed by atoms with Crippen molar-refractivity contribution in [3.8, 4) is 5.75 Å². The molecule has 3 nitrogen and oxygen atoms in total. The Morgan fingerprint density at radius 2 is 1.79 bits per heavy atom. The molecule has 0 aliphatic heterocycles. The minimum absolute atomic E-state index is 0.378. The van der Waals surface area contributed by atoms with E-state index in [9.17, 15) is 4.79 Å². The molecule has 0 atom stereocenters. The van der Waals surface area contributed by atoms with E-state index >= 15 is 0 Å². The van der Waals surface area contributed by atoms with E-state index in [-0.39, 0.29) is 0 Å². The first-order chi connectivity index (χ1) is 11.6. The Balaban J connectivity index is 1.95. The van der Waals surface area contributed by atoms with Crippen LogP contribution < -0.4 is 4.74 Å². The molecule has 0 fully saturated rings. The molecule has 120 valence electrons. The average molecular weight is 339 g/mol. The minimum Gasteiger partial charge on any atom is -0.488 e. The Labute approximate surface area is 144 Å². The monoisotopic (exact) mass is 338 g/mol. The standard InChI is InChI=1S/C20H15ClO3/c21-16-8-5-14(6-9-16)13-24-19-11-7-15-3-1-2-4-17(15)18(19)10-12-20(22)23/h1-12H,13H2,(H,22,23). The van der Waals surface area contributed by atoms with E-state index < -0.39 is 5.97 Å². The number of halogens is 1. The Bertz CT molecular complexity index is 898. The van der Waals surface area contributed by atoms with Gasteiger partial charge < -0.3 is 9.84 Å². The van der Waals surface area contributed by atoms with Gasteiger partial charge in [0.25, 0.3) is 0 Å². The number of rotatable bonds is 5. The van der Waals surface area contributed by atoms with Crippen LogP contribution in [0.4, 0.5) is 0 Å². The zero-order valence-corrected chi connectivity index (χ0v) is 13.5. The van der Waals surface area contributed by atoms with Gasteiger partial charge in [0.15, 0.2) is 0 Å². The molecule has 0 radical (unpaired) electrons. The van der Waals surface area contributed by atoms with Crippen LogP contribution >= 0.6 is 11.6 Å². The van der Waals surface area contributed by atoms with Gasteiger partial charge in [-0.15, -0.1) is 0 Å². The van der Waals surface area contributed by atoms with Crippen molar-refractivity contribution in [2.75, 3.05) is 0 Å².